The number of nitrogens with one attached hydrogen (secondary N) is 1. The summed E-state index contributed by atoms with van der Waals surface area (Å²) in [5.74, 6) is 0.437. The van der Waals surface area contributed by atoms with Gasteiger partial charge in [0.1, 0.15) is 11.6 Å². The number of aromatic amines is 1. The zero-order chi connectivity index (χ0) is 21.4. The Morgan fingerprint density at radius 3 is 2.87 bits per heavy atom. The van der Waals surface area contributed by atoms with Gasteiger partial charge in [-0.15, -0.1) is 0 Å². The molecule has 0 saturated carbocycles. The maximum Gasteiger partial charge on any atom is 0.326 e. The Bertz CT molecular complexity index is 1270. The molecule has 1 fully saturated rings. The molecule has 1 N–H and O–H groups in total. The van der Waals surface area contributed by atoms with E-state index in [9.17, 15) is 9.18 Å². The number of halogens is 1. The molecular weight excluding hydrogens is 399 g/mol. The number of benzene rings is 2. The Hall–Kier alpha value is -3.13. The lowest BCUT2D eigenvalue weighted by Crippen LogP contribution is -2.37. The van der Waals surface area contributed by atoms with Crippen LogP contribution in [0.1, 0.15) is 31.0 Å². The van der Waals surface area contributed by atoms with E-state index in [2.05, 4.69) is 15.0 Å². The van der Waals surface area contributed by atoms with Gasteiger partial charge >= 0.3 is 5.69 Å². The highest BCUT2D eigenvalue weighted by Gasteiger charge is 2.23. The molecule has 2 aromatic carbocycles. The van der Waals surface area contributed by atoms with Crippen LogP contribution in [-0.2, 0) is 6.42 Å². The summed E-state index contributed by atoms with van der Waals surface area (Å²) in [5, 5.41) is 4.99. The number of hydrogen-bond donors (Lipinski definition) is 1. The van der Waals surface area contributed by atoms with E-state index >= 15 is 0 Å². The van der Waals surface area contributed by atoms with Gasteiger partial charge in [-0.25, -0.2) is 9.18 Å². The van der Waals surface area contributed by atoms with E-state index in [-0.39, 0.29) is 17.5 Å². The number of piperidine rings is 1. The van der Waals surface area contributed by atoms with Crippen LogP contribution in [0.4, 0.5) is 4.39 Å². The first kappa shape index (κ1) is 19.8. The number of likely N-dealkylation sites (tertiary alicyclic amines) is 1. The second kappa shape index (κ2) is 8.19. The first-order valence-corrected chi connectivity index (χ1v) is 10.7. The van der Waals surface area contributed by atoms with Crippen molar-refractivity contribution in [2.75, 3.05) is 26.7 Å². The minimum absolute atomic E-state index is 0.0592. The first-order chi connectivity index (χ1) is 15.1. The van der Waals surface area contributed by atoms with Gasteiger partial charge < -0.3 is 19.1 Å². The quantitative estimate of drug-likeness (QED) is 0.508. The third-order valence-electron chi connectivity index (χ3n) is 6.24. The molecule has 3 heterocycles. The van der Waals surface area contributed by atoms with Crippen LogP contribution >= 0.6 is 0 Å². The maximum atomic E-state index is 13.3. The zero-order valence-electron chi connectivity index (χ0n) is 17.4. The first-order valence-electron chi connectivity index (χ1n) is 10.7. The van der Waals surface area contributed by atoms with Crippen LogP contribution in [0.3, 0.4) is 0 Å². The van der Waals surface area contributed by atoms with Crippen LogP contribution < -0.4 is 10.4 Å². The number of ether oxygens (including phenoxy) is 1. The highest BCUT2D eigenvalue weighted by atomic mass is 19.1. The third-order valence-corrected chi connectivity index (χ3v) is 6.24. The standard InChI is InChI=1S/C23H25FN4O3/c1-30-17-5-7-20-21(14-17)28(23(29)25-20)16-8-11-27(12-9-16)10-2-3-19-18-6-4-15(24)13-22(18)31-26-19/h4-7,13-14,16H,2-3,8-12H2,1H3,(H,25,29). The molecule has 0 atom stereocenters. The summed E-state index contributed by atoms with van der Waals surface area (Å²) in [6, 6.07) is 10.4. The van der Waals surface area contributed by atoms with Crippen LogP contribution in [0.25, 0.3) is 22.0 Å². The lowest BCUT2D eigenvalue weighted by atomic mass is 10.0. The largest absolute Gasteiger partial charge is 0.497 e. The highest BCUT2D eigenvalue weighted by molar-refractivity contribution is 5.79. The SMILES string of the molecule is COc1ccc2[nH]c(=O)n(C3CCN(CCCc4noc5cc(F)ccc45)CC3)c2c1. The molecule has 1 aliphatic rings. The number of nitrogens with zero attached hydrogens (tertiary/aromatic N) is 3. The van der Waals surface area contributed by atoms with Crippen LogP contribution in [0, 0.1) is 5.82 Å². The molecule has 0 aliphatic carbocycles. The van der Waals surface area contributed by atoms with E-state index in [0.29, 0.717) is 5.58 Å². The van der Waals surface area contributed by atoms with Gasteiger partial charge in [-0.2, -0.15) is 0 Å². The van der Waals surface area contributed by atoms with E-state index in [1.165, 1.54) is 12.1 Å². The van der Waals surface area contributed by atoms with Crippen molar-refractivity contribution in [2.24, 2.45) is 0 Å². The normalized spacial score (nSPS) is 15.8. The molecule has 1 saturated heterocycles. The fourth-order valence-corrected chi connectivity index (χ4v) is 4.61. The fourth-order valence-electron chi connectivity index (χ4n) is 4.61. The molecule has 7 nitrogen and oxygen atoms in total. The van der Waals surface area contributed by atoms with Crippen molar-refractivity contribution in [3.63, 3.8) is 0 Å². The van der Waals surface area contributed by atoms with Crippen LogP contribution in [0.5, 0.6) is 5.75 Å². The minimum atomic E-state index is -0.314. The van der Waals surface area contributed by atoms with Gasteiger partial charge in [0, 0.05) is 36.7 Å². The average molecular weight is 424 g/mol. The zero-order valence-corrected chi connectivity index (χ0v) is 17.4. The third kappa shape index (κ3) is 3.83. The summed E-state index contributed by atoms with van der Waals surface area (Å²) in [6.45, 7) is 2.84. The van der Waals surface area contributed by atoms with Crippen molar-refractivity contribution >= 4 is 22.0 Å². The molecule has 0 bridgehead atoms. The maximum absolute atomic E-state index is 13.3. The fraction of sp³-hybridized carbons (Fsp3) is 0.391. The topological polar surface area (TPSA) is 76.3 Å². The van der Waals surface area contributed by atoms with E-state index in [0.717, 1.165) is 73.2 Å². The molecule has 5 rings (SSSR count). The smallest absolute Gasteiger partial charge is 0.326 e. The van der Waals surface area contributed by atoms with Gasteiger partial charge in [-0.3, -0.25) is 4.57 Å². The van der Waals surface area contributed by atoms with Gasteiger partial charge in [-0.1, -0.05) is 5.16 Å². The second-order valence-electron chi connectivity index (χ2n) is 8.13. The van der Waals surface area contributed by atoms with E-state index in [4.69, 9.17) is 9.26 Å². The van der Waals surface area contributed by atoms with E-state index < -0.39 is 0 Å². The molecule has 0 unspecified atom stereocenters. The molecule has 1 aliphatic heterocycles. The van der Waals surface area contributed by atoms with Crippen molar-refractivity contribution in [2.45, 2.75) is 31.7 Å². The minimum Gasteiger partial charge on any atom is -0.497 e. The number of aryl methyl sites for hydroxylation is 1. The van der Waals surface area contributed by atoms with Crippen molar-refractivity contribution in [3.05, 3.63) is 58.4 Å². The molecule has 4 aromatic rings. The van der Waals surface area contributed by atoms with Crippen LogP contribution in [-0.4, -0.2) is 46.4 Å². The van der Waals surface area contributed by atoms with Crippen molar-refractivity contribution < 1.29 is 13.7 Å². The molecule has 2 aromatic heterocycles. The van der Waals surface area contributed by atoms with E-state index in [1.807, 2.05) is 22.8 Å². The number of H-pyrrole nitrogens is 1. The Morgan fingerprint density at radius 2 is 2.06 bits per heavy atom. The monoisotopic (exact) mass is 424 g/mol. The molecule has 0 radical (unpaired) electrons. The lowest BCUT2D eigenvalue weighted by Gasteiger charge is -2.32. The Balaban J connectivity index is 1.20. The number of imidazole rings is 1. The molecule has 0 spiro atoms. The average Bonchev–Trinajstić information content (AvgIpc) is 3.33. The summed E-state index contributed by atoms with van der Waals surface area (Å²) in [6.07, 6.45) is 3.60. The summed E-state index contributed by atoms with van der Waals surface area (Å²) < 4.78 is 25.8. The Labute approximate surface area is 178 Å². The lowest BCUT2D eigenvalue weighted by molar-refractivity contribution is 0.185. The van der Waals surface area contributed by atoms with Crippen LogP contribution in [0.2, 0.25) is 0 Å². The van der Waals surface area contributed by atoms with Gasteiger partial charge in [-0.05, 0) is 56.5 Å². The van der Waals surface area contributed by atoms with Crippen molar-refractivity contribution in [1.29, 1.82) is 0 Å². The Morgan fingerprint density at radius 1 is 1.23 bits per heavy atom. The summed E-state index contributed by atoms with van der Waals surface area (Å²) in [4.78, 5) is 17.9. The number of methoxy groups -OCH3 is 1. The van der Waals surface area contributed by atoms with E-state index in [1.54, 1.807) is 13.2 Å². The van der Waals surface area contributed by atoms with Crippen molar-refractivity contribution in [3.8, 4) is 5.75 Å². The van der Waals surface area contributed by atoms with Gasteiger partial charge in [0.2, 0.25) is 0 Å². The summed E-state index contributed by atoms with van der Waals surface area (Å²) in [5.41, 5.74) is 3.06. The van der Waals surface area contributed by atoms with Gasteiger partial charge in [0.15, 0.2) is 5.58 Å². The summed E-state index contributed by atoms with van der Waals surface area (Å²) in [7, 11) is 1.63. The second-order valence-corrected chi connectivity index (χ2v) is 8.13. The number of fused-ring (bicyclic) bond motifs is 2. The Kier molecular flexibility index (Phi) is 5.23. The highest BCUT2D eigenvalue weighted by Crippen LogP contribution is 2.27. The number of aromatic nitrogens is 3. The number of rotatable bonds is 6. The molecule has 31 heavy (non-hydrogen) atoms. The van der Waals surface area contributed by atoms with Crippen molar-refractivity contribution in [1.82, 2.24) is 19.6 Å². The molecule has 8 heteroatoms. The predicted molar refractivity (Wildman–Crippen MR) is 116 cm³/mol. The van der Waals surface area contributed by atoms with Gasteiger partial charge in [0.05, 0.1) is 23.8 Å². The van der Waals surface area contributed by atoms with Crippen LogP contribution in [0.15, 0.2) is 45.7 Å². The molecule has 162 valence electrons. The number of hydrogen-bond acceptors (Lipinski definition) is 5. The molecular formula is C23H25FN4O3. The molecule has 0 amide bonds. The predicted octanol–water partition coefficient (Wildman–Crippen LogP) is 3.89. The van der Waals surface area contributed by atoms with Gasteiger partial charge in [0.25, 0.3) is 0 Å². The summed E-state index contributed by atoms with van der Waals surface area (Å²) >= 11 is 0.